The Labute approximate surface area is 132 Å². The van der Waals surface area contributed by atoms with Crippen molar-refractivity contribution in [3.8, 4) is 0 Å². The maximum absolute atomic E-state index is 12.5. The molecule has 2 fully saturated rings. The smallest absolute Gasteiger partial charge is 0.241 e. The number of amides is 1. The van der Waals surface area contributed by atoms with Gasteiger partial charge in [-0.05, 0) is 56.2 Å². The van der Waals surface area contributed by atoms with Crippen molar-refractivity contribution in [2.75, 3.05) is 42.5 Å². The standard InChI is InChI=1S/C18H25N3O/c22-18(12-19-11-14-5-6-14)21-10-9-20(13-15-7-8-15)16-3-1-2-4-17(16)21/h1-4,14-15,19H,5-13H2. The molecule has 0 saturated heterocycles. The lowest BCUT2D eigenvalue weighted by Gasteiger charge is -2.38. The largest absolute Gasteiger partial charge is 0.368 e. The van der Waals surface area contributed by atoms with E-state index in [0.29, 0.717) is 6.54 Å². The number of rotatable bonds is 6. The molecule has 22 heavy (non-hydrogen) atoms. The van der Waals surface area contributed by atoms with Crippen molar-refractivity contribution < 1.29 is 4.79 Å². The van der Waals surface area contributed by atoms with Crippen LogP contribution in [0.3, 0.4) is 0 Å². The molecule has 0 aromatic heterocycles. The van der Waals surface area contributed by atoms with Crippen molar-refractivity contribution in [1.82, 2.24) is 5.32 Å². The summed E-state index contributed by atoms with van der Waals surface area (Å²) >= 11 is 0. The second kappa shape index (κ2) is 5.92. The number of nitrogens with zero attached hydrogens (tertiary/aromatic N) is 2. The zero-order chi connectivity index (χ0) is 14.9. The highest BCUT2D eigenvalue weighted by atomic mass is 16.2. The second-order valence-electron chi connectivity index (χ2n) is 7.00. The minimum atomic E-state index is 0.208. The molecule has 2 aliphatic carbocycles. The number of carbonyl (C=O) groups is 1. The molecule has 3 aliphatic rings. The molecular weight excluding hydrogens is 274 g/mol. The van der Waals surface area contributed by atoms with Gasteiger partial charge in [-0.15, -0.1) is 0 Å². The number of nitrogens with one attached hydrogen (secondary N) is 1. The molecule has 4 heteroatoms. The molecule has 1 aliphatic heterocycles. The zero-order valence-corrected chi connectivity index (χ0v) is 13.1. The summed E-state index contributed by atoms with van der Waals surface area (Å²) in [6, 6.07) is 8.37. The van der Waals surface area contributed by atoms with Gasteiger partial charge in [0.25, 0.3) is 0 Å². The van der Waals surface area contributed by atoms with Crippen LogP contribution in [0.2, 0.25) is 0 Å². The summed E-state index contributed by atoms with van der Waals surface area (Å²) in [5.74, 6) is 1.89. The van der Waals surface area contributed by atoms with E-state index in [0.717, 1.165) is 43.7 Å². The van der Waals surface area contributed by atoms with Crippen LogP contribution in [-0.4, -0.2) is 38.6 Å². The minimum absolute atomic E-state index is 0.208. The fourth-order valence-corrected chi connectivity index (χ4v) is 3.28. The van der Waals surface area contributed by atoms with Crippen LogP contribution in [0.5, 0.6) is 0 Å². The summed E-state index contributed by atoms with van der Waals surface area (Å²) in [7, 11) is 0. The van der Waals surface area contributed by atoms with Gasteiger partial charge in [-0.2, -0.15) is 0 Å². The lowest BCUT2D eigenvalue weighted by Crippen LogP contribution is -2.47. The first-order valence-corrected chi connectivity index (χ1v) is 8.66. The fourth-order valence-electron chi connectivity index (χ4n) is 3.28. The average molecular weight is 299 g/mol. The summed E-state index contributed by atoms with van der Waals surface area (Å²) in [6.45, 7) is 4.39. The molecule has 0 spiro atoms. The average Bonchev–Trinajstić information content (AvgIpc) is 3.43. The van der Waals surface area contributed by atoms with E-state index in [1.165, 1.54) is 31.4 Å². The van der Waals surface area contributed by atoms with Gasteiger partial charge >= 0.3 is 0 Å². The number of para-hydroxylation sites is 2. The van der Waals surface area contributed by atoms with E-state index in [1.807, 2.05) is 11.0 Å². The van der Waals surface area contributed by atoms with E-state index in [4.69, 9.17) is 0 Å². The third kappa shape index (κ3) is 3.12. The quantitative estimate of drug-likeness (QED) is 0.875. The number of carbonyl (C=O) groups excluding carboxylic acids is 1. The molecule has 1 aromatic carbocycles. The molecule has 4 rings (SSSR count). The summed E-state index contributed by atoms with van der Waals surface area (Å²) in [4.78, 5) is 17.0. The van der Waals surface area contributed by atoms with E-state index in [9.17, 15) is 4.79 Å². The van der Waals surface area contributed by atoms with Crippen molar-refractivity contribution >= 4 is 17.3 Å². The van der Waals surface area contributed by atoms with Gasteiger partial charge in [0.1, 0.15) is 0 Å². The third-order valence-corrected chi connectivity index (χ3v) is 4.99. The molecule has 0 atom stereocenters. The molecule has 0 bridgehead atoms. The van der Waals surface area contributed by atoms with Crippen molar-refractivity contribution in [1.29, 1.82) is 0 Å². The molecule has 1 amide bonds. The monoisotopic (exact) mass is 299 g/mol. The van der Waals surface area contributed by atoms with Crippen LogP contribution < -0.4 is 15.1 Å². The summed E-state index contributed by atoms with van der Waals surface area (Å²) < 4.78 is 0. The molecule has 118 valence electrons. The van der Waals surface area contributed by atoms with E-state index in [-0.39, 0.29) is 5.91 Å². The van der Waals surface area contributed by atoms with Crippen LogP contribution in [0.1, 0.15) is 25.7 Å². The van der Waals surface area contributed by atoms with Crippen LogP contribution in [0.15, 0.2) is 24.3 Å². The summed E-state index contributed by atoms with van der Waals surface area (Å²) in [5.41, 5.74) is 2.32. The van der Waals surface area contributed by atoms with Crippen LogP contribution in [0.25, 0.3) is 0 Å². The van der Waals surface area contributed by atoms with Gasteiger partial charge in [-0.3, -0.25) is 4.79 Å². The first kappa shape index (κ1) is 14.1. The maximum atomic E-state index is 12.5. The van der Waals surface area contributed by atoms with Crippen molar-refractivity contribution in [2.24, 2.45) is 11.8 Å². The molecule has 2 saturated carbocycles. The second-order valence-corrected chi connectivity index (χ2v) is 7.00. The topological polar surface area (TPSA) is 35.6 Å². The van der Waals surface area contributed by atoms with Gasteiger partial charge < -0.3 is 15.1 Å². The minimum Gasteiger partial charge on any atom is -0.368 e. The highest BCUT2D eigenvalue weighted by Crippen LogP contribution is 2.37. The molecule has 0 unspecified atom stereocenters. The van der Waals surface area contributed by atoms with Crippen molar-refractivity contribution in [3.05, 3.63) is 24.3 Å². The number of hydrogen-bond donors (Lipinski definition) is 1. The molecular formula is C18H25N3O. The Balaban J connectivity index is 1.44. The summed E-state index contributed by atoms with van der Waals surface area (Å²) in [5, 5.41) is 3.32. The molecule has 1 heterocycles. The van der Waals surface area contributed by atoms with Crippen LogP contribution in [0, 0.1) is 11.8 Å². The van der Waals surface area contributed by atoms with Crippen molar-refractivity contribution in [2.45, 2.75) is 25.7 Å². The van der Waals surface area contributed by atoms with Gasteiger partial charge in [0.15, 0.2) is 0 Å². The highest BCUT2D eigenvalue weighted by molar-refractivity contribution is 5.99. The Morgan fingerprint density at radius 1 is 1.05 bits per heavy atom. The Hall–Kier alpha value is -1.55. The molecule has 4 nitrogen and oxygen atoms in total. The number of fused-ring (bicyclic) bond motifs is 1. The van der Waals surface area contributed by atoms with Gasteiger partial charge in [-0.25, -0.2) is 0 Å². The van der Waals surface area contributed by atoms with E-state index < -0.39 is 0 Å². The van der Waals surface area contributed by atoms with Crippen molar-refractivity contribution in [3.63, 3.8) is 0 Å². The van der Waals surface area contributed by atoms with E-state index in [2.05, 4.69) is 28.4 Å². The Kier molecular flexibility index (Phi) is 3.78. The number of hydrogen-bond acceptors (Lipinski definition) is 3. The third-order valence-electron chi connectivity index (χ3n) is 4.99. The Morgan fingerprint density at radius 3 is 2.50 bits per heavy atom. The van der Waals surface area contributed by atoms with E-state index in [1.54, 1.807) is 0 Å². The van der Waals surface area contributed by atoms with Crippen LogP contribution >= 0.6 is 0 Å². The molecule has 1 aromatic rings. The Morgan fingerprint density at radius 2 is 1.77 bits per heavy atom. The van der Waals surface area contributed by atoms with E-state index >= 15 is 0 Å². The molecule has 0 radical (unpaired) electrons. The Bertz CT molecular complexity index is 551. The summed E-state index contributed by atoms with van der Waals surface area (Å²) in [6.07, 6.45) is 5.38. The first-order chi connectivity index (χ1) is 10.8. The van der Waals surface area contributed by atoms with Gasteiger partial charge in [0.2, 0.25) is 5.91 Å². The van der Waals surface area contributed by atoms with Crippen LogP contribution in [0.4, 0.5) is 11.4 Å². The fraction of sp³-hybridized carbons (Fsp3) is 0.611. The van der Waals surface area contributed by atoms with Gasteiger partial charge in [0, 0.05) is 19.6 Å². The normalized spacial score (nSPS) is 20.9. The zero-order valence-electron chi connectivity index (χ0n) is 13.1. The van der Waals surface area contributed by atoms with Gasteiger partial charge in [0.05, 0.1) is 17.9 Å². The highest BCUT2D eigenvalue weighted by Gasteiger charge is 2.30. The maximum Gasteiger partial charge on any atom is 0.241 e. The van der Waals surface area contributed by atoms with Gasteiger partial charge in [-0.1, -0.05) is 12.1 Å². The molecule has 1 N–H and O–H groups in total. The number of anilines is 2. The lowest BCUT2D eigenvalue weighted by atomic mass is 10.1. The SMILES string of the molecule is O=C(CNCC1CC1)N1CCN(CC2CC2)c2ccccc21. The predicted octanol–water partition coefficient (Wildman–Crippen LogP) is 2.25. The first-order valence-electron chi connectivity index (χ1n) is 8.66. The van der Waals surface area contributed by atoms with Crippen LogP contribution in [-0.2, 0) is 4.79 Å². The predicted molar refractivity (Wildman–Crippen MR) is 89.3 cm³/mol. The lowest BCUT2D eigenvalue weighted by molar-refractivity contribution is -0.117. The number of benzene rings is 1.